The van der Waals surface area contributed by atoms with Crippen LogP contribution in [0.25, 0.3) is 0 Å². The van der Waals surface area contributed by atoms with Crippen LogP contribution in [0, 0.1) is 0 Å². The third-order valence-corrected chi connectivity index (χ3v) is 12.9. The molecule has 0 bridgehead atoms. The predicted molar refractivity (Wildman–Crippen MR) is 217 cm³/mol. The molecule has 0 rings (SSSR count). The Hall–Kier alpha value is -0.861. The van der Waals surface area contributed by atoms with Gasteiger partial charge in [0.05, 0.1) is 12.2 Å². The molecule has 0 radical (unpaired) electrons. The first-order valence-electron chi connectivity index (χ1n) is 21.5. The average molecular weight is 828 g/mol. The summed E-state index contributed by atoms with van der Waals surface area (Å²) in [6.07, 6.45) is 39.9. The topological polar surface area (TPSA) is 121 Å². The molecule has 0 aliphatic carbocycles. The van der Waals surface area contributed by atoms with E-state index in [0.717, 1.165) is 116 Å². The molecular formula is C44H84O6Sn. The molecule has 0 fully saturated rings. The third-order valence-electron chi connectivity index (χ3n) is 8.85. The number of carboxylic acids is 2. The quantitative estimate of drug-likeness (QED) is 0.0369. The number of hydrogen-bond donors (Lipinski definition) is 2. The molecule has 0 saturated carbocycles. The predicted octanol–water partition coefficient (Wildman–Crippen LogP) is 10.6. The SMILES string of the molecule is CCCCCC[C@@H](O)C/C=C\CCCCCCCC(=O)[O-].CCCCCC[C@@H](O)C/C=C\CCCCCCCC(=O)[O-].CCC[CH2][Sn+2][CH2]CCC. The van der Waals surface area contributed by atoms with Gasteiger partial charge in [0.2, 0.25) is 0 Å². The van der Waals surface area contributed by atoms with E-state index in [4.69, 9.17) is 0 Å². The van der Waals surface area contributed by atoms with E-state index in [1.807, 2.05) is 0 Å². The van der Waals surface area contributed by atoms with Crippen LogP contribution < -0.4 is 10.2 Å². The molecule has 0 unspecified atom stereocenters. The van der Waals surface area contributed by atoms with Gasteiger partial charge in [-0.1, -0.05) is 128 Å². The van der Waals surface area contributed by atoms with E-state index in [1.54, 1.807) is 8.87 Å². The minimum absolute atomic E-state index is 0.149. The fraction of sp³-hybridized carbons (Fsp3) is 0.864. The van der Waals surface area contributed by atoms with Crippen molar-refractivity contribution >= 4 is 33.1 Å². The standard InChI is InChI=1S/2C18H34O3.2C4H9.Sn/c2*1-2-3-4-11-14-17(19)15-12-9-7-5-6-8-10-13-16-18(20)21;2*1-3-4-2;/h2*9,12,17,19H,2-8,10-11,13-16H2,1H3,(H,20,21);2*1,3-4H2,2H3;/q;;;;+2/p-2/b2*12-9-;;;/t2*17-;;;/m11.../s1. The third kappa shape index (κ3) is 58.7. The summed E-state index contributed by atoms with van der Waals surface area (Å²) in [6.45, 7) is 8.98. The van der Waals surface area contributed by atoms with Crippen LogP contribution in [0.2, 0.25) is 8.87 Å². The first-order chi connectivity index (χ1) is 24.7. The van der Waals surface area contributed by atoms with Crippen LogP contribution >= 0.6 is 0 Å². The molecule has 7 heteroatoms. The Labute approximate surface area is 327 Å². The van der Waals surface area contributed by atoms with Crippen molar-refractivity contribution in [3.8, 4) is 0 Å². The zero-order valence-electron chi connectivity index (χ0n) is 34.1. The van der Waals surface area contributed by atoms with E-state index in [2.05, 4.69) is 52.0 Å². The molecule has 0 saturated heterocycles. The molecule has 300 valence electrons. The van der Waals surface area contributed by atoms with E-state index in [9.17, 15) is 30.0 Å². The zero-order valence-corrected chi connectivity index (χ0v) is 37.0. The molecule has 0 heterocycles. The second kappa shape index (κ2) is 49.1. The Kier molecular flexibility index (Phi) is 52.5. The van der Waals surface area contributed by atoms with Gasteiger partial charge < -0.3 is 30.0 Å². The molecule has 51 heavy (non-hydrogen) atoms. The van der Waals surface area contributed by atoms with Crippen LogP contribution in [0.1, 0.15) is 220 Å². The zero-order chi connectivity index (χ0) is 38.5. The van der Waals surface area contributed by atoms with Crippen molar-refractivity contribution in [1.82, 2.24) is 0 Å². The van der Waals surface area contributed by atoms with Crippen molar-refractivity contribution in [1.29, 1.82) is 0 Å². The average Bonchev–Trinajstić information content (AvgIpc) is 3.10. The molecule has 0 aromatic rings. The fourth-order valence-corrected chi connectivity index (χ4v) is 9.60. The molecule has 0 amide bonds. The molecule has 2 atom stereocenters. The van der Waals surface area contributed by atoms with Crippen LogP contribution in [0.5, 0.6) is 0 Å². The molecule has 0 aromatic heterocycles. The number of unbranched alkanes of at least 4 members (excludes halogenated alkanes) is 18. The van der Waals surface area contributed by atoms with Gasteiger partial charge in [-0.3, -0.25) is 0 Å². The molecule has 6 nitrogen and oxygen atoms in total. The number of carboxylic acid groups (broad SMARTS) is 2. The maximum atomic E-state index is 10.2. The van der Waals surface area contributed by atoms with Crippen LogP contribution in [-0.2, 0) is 9.59 Å². The van der Waals surface area contributed by atoms with Crippen molar-refractivity contribution in [3.63, 3.8) is 0 Å². The van der Waals surface area contributed by atoms with Crippen LogP contribution in [0.15, 0.2) is 24.3 Å². The van der Waals surface area contributed by atoms with Gasteiger partial charge in [0.15, 0.2) is 0 Å². The summed E-state index contributed by atoms with van der Waals surface area (Å²) in [6, 6.07) is 0. The fourth-order valence-electron chi connectivity index (χ4n) is 5.44. The van der Waals surface area contributed by atoms with Crippen molar-refractivity contribution in [2.75, 3.05) is 0 Å². The number of aliphatic hydroxyl groups excluding tert-OH is 2. The number of rotatable bonds is 36. The van der Waals surface area contributed by atoms with E-state index in [1.165, 1.54) is 64.2 Å². The van der Waals surface area contributed by atoms with Crippen molar-refractivity contribution in [2.24, 2.45) is 0 Å². The summed E-state index contributed by atoms with van der Waals surface area (Å²) in [7, 11) is 0. The van der Waals surface area contributed by atoms with Gasteiger partial charge in [0.1, 0.15) is 0 Å². The van der Waals surface area contributed by atoms with Gasteiger partial charge in [-0.15, -0.1) is 0 Å². The van der Waals surface area contributed by atoms with Crippen molar-refractivity contribution in [2.45, 2.75) is 241 Å². The Morgan fingerprint density at radius 1 is 0.471 bits per heavy atom. The summed E-state index contributed by atoms with van der Waals surface area (Å²) in [5, 5.41) is 40.0. The Morgan fingerprint density at radius 2 is 0.804 bits per heavy atom. The molecule has 0 spiro atoms. The van der Waals surface area contributed by atoms with Crippen LogP contribution in [-0.4, -0.2) is 55.5 Å². The van der Waals surface area contributed by atoms with Crippen molar-refractivity contribution < 1.29 is 30.0 Å². The normalized spacial score (nSPS) is 12.2. The molecule has 0 aromatic carbocycles. The molecule has 0 aliphatic heterocycles. The van der Waals surface area contributed by atoms with E-state index < -0.39 is 11.9 Å². The number of carbonyl (C=O) groups is 2. The van der Waals surface area contributed by atoms with E-state index in [0.29, 0.717) is 0 Å². The summed E-state index contributed by atoms with van der Waals surface area (Å²) in [5.74, 6) is -1.88. The minimum atomic E-state index is -0.939. The number of aliphatic carboxylic acids is 2. The number of hydrogen-bond acceptors (Lipinski definition) is 6. The first kappa shape index (κ1) is 54.5. The maximum absolute atomic E-state index is 10.2. The Morgan fingerprint density at radius 3 is 1.16 bits per heavy atom. The summed E-state index contributed by atoms with van der Waals surface area (Å²) in [4.78, 5) is 20.4. The Balaban J connectivity index is -0.000000731. The van der Waals surface area contributed by atoms with Gasteiger partial charge in [-0.2, -0.15) is 0 Å². The monoisotopic (exact) mass is 829 g/mol. The second-order valence-electron chi connectivity index (χ2n) is 14.2. The number of carbonyl (C=O) groups excluding carboxylic acids is 2. The number of allylic oxidation sites excluding steroid dienone is 2. The second-order valence-corrected chi connectivity index (χ2v) is 18.5. The summed E-state index contributed by atoms with van der Waals surface area (Å²) in [5.41, 5.74) is 0. The first-order valence-corrected chi connectivity index (χ1v) is 25.5. The van der Waals surface area contributed by atoms with Crippen molar-refractivity contribution in [3.05, 3.63) is 24.3 Å². The van der Waals surface area contributed by atoms with E-state index in [-0.39, 0.29) is 46.2 Å². The molecular weight excluding hydrogens is 743 g/mol. The Bertz CT molecular complexity index is 681. The van der Waals surface area contributed by atoms with Gasteiger partial charge in [-0.25, -0.2) is 0 Å². The summed E-state index contributed by atoms with van der Waals surface area (Å²) < 4.78 is 3.25. The van der Waals surface area contributed by atoms with E-state index >= 15 is 0 Å². The number of aliphatic hydroxyl groups is 2. The van der Waals surface area contributed by atoms with Gasteiger partial charge in [0.25, 0.3) is 0 Å². The summed E-state index contributed by atoms with van der Waals surface area (Å²) >= 11 is 0.149. The molecule has 0 aliphatic rings. The van der Waals surface area contributed by atoms with Gasteiger partial charge in [-0.05, 0) is 77.0 Å². The molecule has 2 N–H and O–H groups in total. The van der Waals surface area contributed by atoms with Gasteiger partial charge in [0, 0.05) is 11.9 Å². The van der Waals surface area contributed by atoms with Crippen LogP contribution in [0.3, 0.4) is 0 Å². The van der Waals surface area contributed by atoms with Gasteiger partial charge >= 0.3 is 69.5 Å². The van der Waals surface area contributed by atoms with Crippen LogP contribution in [0.4, 0.5) is 0 Å².